The van der Waals surface area contributed by atoms with E-state index in [4.69, 9.17) is 0 Å². The predicted octanol–water partition coefficient (Wildman–Crippen LogP) is 4.04. The number of carbonyl (C=O) groups excluding carboxylic acids is 2. The zero-order chi connectivity index (χ0) is 28.6. The number of nitro benzene ring substituents is 1. The Morgan fingerprint density at radius 3 is 2.33 bits per heavy atom. The fourth-order valence-electron chi connectivity index (χ4n) is 4.00. The highest BCUT2D eigenvalue weighted by molar-refractivity contribution is 7.92. The second kappa shape index (κ2) is 13.0. The van der Waals surface area contributed by atoms with Crippen LogP contribution >= 0.6 is 0 Å². The van der Waals surface area contributed by atoms with E-state index in [1.165, 1.54) is 35.2 Å². The number of anilines is 1. The van der Waals surface area contributed by atoms with E-state index in [1.54, 1.807) is 25.1 Å². The van der Waals surface area contributed by atoms with Crippen LogP contribution in [0.25, 0.3) is 0 Å². The van der Waals surface area contributed by atoms with Gasteiger partial charge in [0.1, 0.15) is 12.6 Å². The number of nitro groups is 1. The Labute approximate surface area is 228 Å². The topological polar surface area (TPSA) is 130 Å². The molecule has 3 aromatic rings. The van der Waals surface area contributed by atoms with Gasteiger partial charge in [0, 0.05) is 25.2 Å². The van der Waals surface area contributed by atoms with Crippen LogP contribution in [-0.2, 0) is 26.2 Å². The van der Waals surface area contributed by atoms with Gasteiger partial charge in [-0.05, 0) is 44.0 Å². The first-order valence-electron chi connectivity index (χ1n) is 12.5. The standard InChI is InChI=1S/C28H32N4O6S/c1-4-16-29-28(34)22(3)30(19-23-11-8-10-21(2)17-23)27(33)20-31(24-12-9-13-25(18-24)32(35)36)39(37,38)26-14-6-5-7-15-26/h5-15,17-18,22H,4,16,19-20H2,1-3H3,(H,29,34)/t22-/m1/s1. The zero-order valence-corrected chi connectivity index (χ0v) is 22.9. The monoisotopic (exact) mass is 552 g/mol. The maximum absolute atomic E-state index is 13.8. The largest absolute Gasteiger partial charge is 0.354 e. The molecular weight excluding hydrogens is 520 g/mol. The number of nitrogens with zero attached hydrogens (tertiary/aromatic N) is 3. The van der Waals surface area contributed by atoms with E-state index < -0.39 is 33.4 Å². The quantitative estimate of drug-likeness (QED) is 0.267. The van der Waals surface area contributed by atoms with Gasteiger partial charge in [-0.25, -0.2) is 8.42 Å². The number of nitrogens with one attached hydrogen (secondary N) is 1. The summed E-state index contributed by atoms with van der Waals surface area (Å²) in [5.74, 6) is -1.01. The number of carbonyl (C=O) groups is 2. The lowest BCUT2D eigenvalue weighted by Crippen LogP contribution is -2.51. The van der Waals surface area contributed by atoms with Crippen LogP contribution in [0.1, 0.15) is 31.4 Å². The lowest BCUT2D eigenvalue weighted by Gasteiger charge is -2.32. The molecule has 0 saturated carbocycles. The second-order valence-electron chi connectivity index (χ2n) is 9.08. The number of aryl methyl sites for hydroxylation is 1. The first-order valence-corrected chi connectivity index (χ1v) is 13.9. The Balaban J connectivity index is 2.05. The molecule has 3 aromatic carbocycles. The van der Waals surface area contributed by atoms with E-state index in [-0.39, 0.29) is 28.7 Å². The summed E-state index contributed by atoms with van der Waals surface area (Å²) in [5.41, 5.74) is 1.37. The normalized spacial score (nSPS) is 11.9. The summed E-state index contributed by atoms with van der Waals surface area (Å²) >= 11 is 0. The van der Waals surface area contributed by atoms with E-state index in [0.29, 0.717) is 13.0 Å². The third-order valence-electron chi connectivity index (χ3n) is 6.09. The Morgan fingerprint density at radius 2 is 1.69 bits per heavy atom. The van der Waals surface area contributed by atoms with Crippen molar-refractivity contribution in [1.82, 2.24) is 10.2 Å². The third kappa shape index (κ3) is 7.41. The van der Waals surface area contributed by atoms with Gasteiger partial charge < -0.3 is 10.2 Å². The fraction of sp³-hybridized carbons (Fsp3) is 0.286. The van der Waals surface area contributed by atoms with Crippen molar-refractivity contribution in [2.24, 2.45) is 0 Å². The molecule has 0 saturated heterocycles. The van der Waals surface area contributed by atoms with Gasteiger partial charge in [-0.15, -0.1) is 0 Å². The molecule has 0 bridgehead atoms. The van der Waals surface area contributed by atoms with Gasteiger partial charge >= 0.3 is 0 Å². The number of hydrogen-bond donors (Lipinski definition) is 1. The van der Waals surface area contributed by atoms with Crippen molar-refractivity contribution in [1.29, 1.82) is 0 Å². The number of amides is 2. The van der Waals surface area contributed by atoms with Crippen LogP contribution in [0.5, 0.6) is 0 Å². The third-order valence-corrected chi connectivity index (χ3v) is 7.88. The van der Waals surface area contributed by atoms with Gasteiger partial charge in [-0.2, -0.15) is 0 Å². The summed E-state index contributed by atoms with van der Waals surface area (Å²) in [6, 6.07) is 19.2. The molecule has 0 heterocycles. The minimum absolute atomic E-state index is 0.0417. The van der Waals surface area contributed by atoms with Crippen LogP contribution in [0.15, 0.2) is 83.8 Å². The summed E-state index contributed by atoms with van der Waals surface area (Å²) in [6.07, 6.45) is 0.709. The highest BCUT2D eigenvalue weighted by Crippen LogP contribution is 2.27. The van der Waals surface area contributed by atoms with Crippen molar-refractivity contribution < 1.29 is 22.9 Å². The molecular formula is C28H32N4O6S. The summed E-state index contributed by atoms with van der Waals surface area (Å²) in [7, 11) is -4.30. The average molecular weight is 553 g/mol. The van der Waals surface area contributed by atoms with E-state index in [1.807, 2.05) is 38.1 Å². The van der Waals surface area contributed by atoms with Gasteiger partial charge in [0.25, 0.3) is 15.7 Å². The minimum atomic E-state index is -4.30. The Hall–Kier alpha value is -4.25. The molecule has 0 radical (unpaired) electrons. The van der Waals surface area contributed by atoms with Gasteiger partial charge in [-0.3, -0.25) is 24.0 Å². The number of non-ortho nitro benzene ring substituents is 1. The lowest BCUT2D eigenvalue weighted by atomic mass is 10.1. The van der Waals surface area contributed by atoms with Crippen molar-refractivity contribution in [2.75, 3.05) is 17.4 Å². The van der Waals surface area contributed by atoms with E-state index in [0.717, 1.165) is 21.5 Å². The SMILES string of the molecule is CCCNC(=O)[C@@H](C)N(Cc1cccc(C)c1)C(=O)CN(c1cccc([N+](=O)[O-])c1)S(=O)(=O)c1ccccc1. The van der Waals surface area contributed by atoms with Crippen LogP contribution in [0, 0.1) is 17.0 Å². The fourth-order valence-corrected chi connectivity index (χ4v) is 5.42. The number of rotatable bonds is 12. The summed E-state index contributed by atoms with van der Waals surface area (Å²) in [5, 5.41) is 14.2. The highest BCUT2D eigenvalue weighted by Gasteiger charge is 2.33. The van der Waals surface area contributed by atoms with Crippen LogP contribution in [0.4, 0.5) is 11.4 Å². The maximum Gasteiger partial charge on any atom is 0.271 e. The first kappa shape index (κ1) is 29.3. The number of benzene rings is 3. The molecule has 0 aliphatic heterocycles. The first-order chi connectivity index (χ1) is 18.5. The smallest absolute Gasteiger partial charge is 0.271 e. The van der Waals surface area contributed by atoms with Crippen LogP contribution in [0.3, 0.4) is 0 Å². The summed E-state index contributed by atoms with van der Waals surface area (Å²) in [4.78, 5) is 38.8. The molecule has 0 aromatic heterocycles. The van der Waals surface area contributed by atoms with Crippen molar-refractivity contribution in [2.45, 2.75) is 44.7 Å². The zero-order valence-electron chi connectivity index (χ0n) is 22.1. The Kier molecular flexibility index (Phi) is 9.78. The lowest BCUT2D eigenvalue weighted by molar-refractivity contribution is -0.384. The molecule has 2 amide bonds. The second-order valence-corrected chi connectivity index (χ2v) is 10.9. The molecule has 10 nitrogen and oxygen atoms in total. The Bertz CT molecular complexity index is 1430. The van der Waals surface area contributed by atoms with E-state index >= 15 is 0 Å². The van der Waals surface area contributed by atoms with Crippen LogP contribution in [0.2, 0.25) is 0 Å². The molecule has 39 heavy (non-hydrogen) atoms. The molecule has 0 unspecified atom stereocenters. The van der Waals surface area contributed by atoms with Crippen molar-refractivity contribution >= 4 is 33.2 Å². The molecule has 1 atom stereocenters. The maximum atomic E-state index is 13.8. The van der Waals surface area contributed by atoms with Gasteiger partial charge in [0.05, 0.1) is 15.5 Å². The number of hydrogen-bond acceptors (Lipinski definition) is 6. The molecule has 1 N–H and O–H groups in total. The van der Waals surface area contributed by atoms with Crippen molar-refractivity contribution in [3.05, 3.63) is 100 Å². The van der Waals surface area contributed by atoms with Gasteiger partial charge in [0.2, 0.25) is 11.8 Å². The highest BCUT2D eigenvalue weighted by atomic mass is 32.2. The Morgan fingerprint density at radius 1 is 1.00 bits per heavy atom. The van der Waals surface area contributed by atoms with Gasteiger partial charge in [0.15, 0.2) is 0 Å². The predicted molar refractivity (Wildman–Crippen MR) is 149 cm³/mol. The van der Waals surface area contributed by atoms with E-state index in [9.17, 15) is 28.1 Å². The minimum Gasteiger partial charge on any atom is -0.354 e. The molecule has 11 heteroatoms. The molecule has 206 valence electrons. The molecule has 0 aliphatic carbocycles. The molecule has 0 spiro atoms. The van der Waals surface area contributed by atoms with Crippen LogP contribution in [-0.4, -0.2) is 49.2 Å². The molecule has 0 fully saturated rings. The molecule has 0 aliphatic rings. The summed E-state index contributed by atoms with van der Waals surface area (Å²) < 4.78 is 28.3. The molecule has 3 rings (SSSR count). The average Bonchev–Trinajstić information content (AvgIpc) is 2.93. The van der Waals surface area contributed by atoms with Crippen LogP contribution < -0.4 is 9.62 Å². The van der Waals surface area contributed by atoms with E-state index in [2.05, 4.69) is 5.32 Å². The van der Waals surface area contributed by atoms with Gasteiger partial charge in [-0.1, -0.05) is 61.0 Å². The van der Waals surface area contributed by atoms with Crippen molar-refractivity contribution in [3.8, 4) is 0 Å². The number of sulfonamides is 1. The van der Waals surface area contributed by atoms with Crippen molar-refractivity contribution in [3.63, 3.8) is 0 Å². The summed E-state index contributed by atoms with van der Waals surface area (Å²) in [6.45, 7) is 5.22.